The number of benzene rings is 1. The molecule has 0 atom stereocenters. The van der Waals surface area contributed by atoms with Crippen molar-refractivity contribution in [1.82, 2.24) is 4.31 Å². The Morgan fingerprint density at radius 2 is 1.71 bits per heavy atom. The highest BCUT2D eigenvalue weighted by Crippen LogP contribution is 2.23. The molecule has 7 heteroatoms. The van der Waals surface area contributed by atoms with Crippen LogP contribution in [-0.4, -0.2) is 31.7 Å². The Bertz CT molecular complexity index is 820. The molecular weight excluding hydrogens is 344 g/mol. The lowest BCUT2D eigenvalue weighted by Crippen LogP contribution is -2.35. The normalized spacial score (nSPS) is 16.0. The van der Waals surface area contributed by atoms with Crippen molar-refractivity contribution >= 4 is 33.0 Å². The first-order valence-corrected chi connectivity index (χ1v) is 10.2. The number of rotatable bonds is 4. The molecule has 1 aliphatic rings. The summed E-state index contributed by atoms with van der Waals surface area (Å²) in [6.45, 7) is 3.11. The molecule has 1 saturated heterocycles. The average Bonchev–Trinajstić information content (AvgIpc) is 3.03. The predicted molar refractivity (Wildman–Crippen MR) is 96.1 cm³/mol. The molecule has 2 heterocycles. The highest BCUT2D eigenvalue weighted by Gasteiger charge is 2.25. The molecule has 128 valence electrons. The standard InChI is InChI=1S/C17H20N2O3S2/c1-13-5-10-16(23-13)17(20)18-14-6-8-15(9-7-14)24(21,22)19-11-3-2-4-12-19/h5-10H,2-4,11-12H2,1H3,(H,18,20). The van der Waals surface area contributed by atoms with Crippen LogP contribution >= 0.6 is 11.3 Å². The van der Waals surface area contributed by atoms with Crippen molar-refractivity contribution in [2.45, 2.75) is 31.1 Å². The summed E-state index contributed by atoms with van der Waals surface area (Å²) in [6, 6.07) is 10.1. The first-order chi connectivity index (χ1) is 11.5. The second-order valence-corrected chi connectivity index (χ2v) is 9.08. The molecular formula is C17H20N2O3S2. The Hall–Kier alpha value is -1.70. The van der Waals surface area contributed by atoms with Gasteiger partial charge in [-0.25, -0.2) is 8.42 Å². The van der Waals surface area contributed by atoms with E-state index in [9.17, 15) is 13.2 Å². The maximum Gasteiger partial charge on any atom is 0.265 e. The zero-order chi connectivity index (χ0) is 17.2. The lowest BCUT2D eigenvalue weighted by atomic mass is 10.2. The van der Waals surface area contributed by atoms with E-state index in [1.54, 1.807) is 34.6 Å². The Morgan fingerprint density at radius 3 is 2.29 bits per heavy atom. The van der Waals surface area contributed by atoms with Crippen molar-refractivity contribution in [2.75, 3.05) is 18.4 Å². The number of carbonyl (C=O) groups is 1. The molecule has 0 radical (unpaired) electrons. The number of hydrogen-bond acceptors (Lipinski definition) is 4. The fourth-order valence-electron chi connectivity index (χ4n) is 2.71. The van der Waals surface area contributed by atoms with E-state index < -0.39 is 10.0 Å². The number of thiophene rings is 1. The molecule has 1 aliphatic heterocycles. The lowest BCUT2D eigenvalue weighted by Gasteiger charge is -2.25. The maximum absolute atomic E-state index is 12.6. The van der Waals surface area contributed by atoms with E-state index in [1.807, 2.05) is 13.0 Å². The lowest BCUT2D eigenvalue weighted by molar-refractivity contribution is 0.103. The van der Waals surface area contributed by atoms with Gasteiger partial charge in [-0.3, -0.25) is 4.79 Å². The molecule has 1 aromatic carbocycles. The van der Waals surface area contributed by atoms with Crippen LogP contribution in [0.4, 0.5) is 5.69 Å². The van der Waals surface area contributed by atoms with Gasteiger partial charge in [-0.05, 0) is 56.2 Å². The highest BCUT2D eigenvalue weighted by molar-refractivity contribution is 7.89. The third-order valence-corrected chi connectivity index (χ3v) is 6.94. The van der Waals surface area contributed by atoms with Gasteiger partial charge >= 0.3 is 0 Å². The molecule has 0 unspecified atom stereocenters. The molecule has 3 rings (SSSR count). The van der Waals surface area contributed by atoms with Gasteiger partial charge < -0.3 is 5.32 Å². The summed E-state index contributed by atoms with van der Waals surface area (Å²) >= 11 is 1.43. The zero-order valence-corrected chi connectivity index (χ0v) is 15.1. The van der Waals surface area contributed by atoms with Gasteiger partial charge in [-0.2, -0.15) is 4.31 Å². The zero-order valence-electron chi connectivity index (χ0n) is 13.5. The second kappa shape index (κ2) is 7.04. The fourth-order valence-corrected chi connectivity index (χ4v) is 4.99. The summed E-state index contributed by atoms with van der Waals surface area (Å²) < 4.78 is 26.7. The van der Waals surface area contributed by atoms with Crippen LogP contribution in [0.1, 0.15) is 33.8 Å². The molecule has 0 bridgehead atoms. The van der Waals surface area contributed by atoms with Gasteiger partial charge in [0, 0.05) is 23.7 Å². The molecule has 1 N–H and O–H groups in total. The van der Waals surface area contributed by atoms with Crippen molar-refractivity contribution in [3.63, 3.8) is 0 Å². The summed E-state index contributed by atoms with van der Waals surface area (Å²) in [5.74, 6) is -0.181. The van der Waals surface area contributed by atoms with Gasteiger partial charge in [0.15, 0.2) is 0 Å². The van der Waals surface area contributed by atoms with Crippen molar-refractivity contribution in [1.29, 1.82) is 0 Å². The van der Waals surface area contributed by atoms with Gasteiger partial charge in [-0.15, -0.1) is 11.3 Å². The molecule has 0 spiro atoms. The minimum absolute atomic E-state index is 0.181. The highest BCUT2D eigenvalue weighted by atomic mass is 32.2. The average molecular weight is 364 g/mol. The second-order valence-electron chi connectivity index (χ2n) is 5.85. The van der Waals surface area contributed by atoms with Gasteiger partial charge in [-0.1, -0.05) is 6.42 Å². The van der Waals surface area contributed by atoms with Gasteiger partial charge in [0.05, 0.1) is 9.77 Å². The van der Waals surface area contributed by atoms with Crippen molar-refractivity contribution in [3.8, 4) is 0 Å². The smallest absolute Gasteiger partial charge is 0.265 e. The number of sulfonamides is 1. The molecule has 24 heavy (non-hydrogen) atoms. The minimum atomic E-state index is -3.43. The maximum atomic E-state index is 12.6. The Morgan fingerprint density at radius 1 is 1.04 bits per heavy atom. The number of amides is 1. The first-order valence-electron chi connectivity index (χ1n) is 7.95. The van der Waals surface area contributed by atoms with E-state index in [2.05, 4.69) is 5.32 Å². The van der Waals surface area contributed by atoms with Crippen molar-refractivity contribution in [3.05, 3.63) is 46.2 Å². The Balaban J connectivity index is 1.72. The van der Waals surface area contributed by atoms with Crippen LogP contribution in [0.5, 0.6) is 0 Å². The molecule has 1 fully saturated rings. The summed E-state index contributed by atoms with van der Waals surface area (Å²) in [7, 11) is -3.43. The molecule has 2 aromatic rings. The van der Waals surface area contributed by atoms with Crippen LogP contribution in [0, 0.1) is 6.92 Å². The number of carbonyl (C=O) groups excluding carboxylic acids is 1. The number of nitrogens with one attached hydrogen (secondary N) is 1. The van der Waals surface area contributed by atoms with E-state index >= 15 is 0 Å². The monoisotopic (exact) mass is 364 g/mol. The molecule has 1 aromatic heterocycles. The summed E-state index contributed by atoms with van der Waals surface area (Å²) in [5.41, 5.74) is 0.587. The molecule has 5 nitrogen and oxygen atoms in total. The van der Waals surface area contributed by atoms with Crippen LogP contribution in [0.3, 0.4) is 0 Å². The van der Waals surface area contributed by atoms with Crippen LogP contribution in [0.15, 0.2) is 41.3 Å². The summed E-state index contributed by atoms with van der Waals surface area (Å²) in [5, 5.41) is 2.79. The SMILES string of the molecule is Cc1ccc(C(=O)Nc2ccc(S(=O)(=O)N3CCCCC3)cc2)s1. The van der Waals surface area contributed by atoms with E-state index in [4.69, 9.17) is 0 Å². The fraction of sp³-hybridized carbons (Fsp3) is 0.353. The van der Waals surface area contributed by atoms with Crippen LogP contribution in [0.25, 0.3) is 0 Å². The Kier molecular flexibility index (Phi) is 5.03. The van der Waals surface area contributed by atoms with Crippen LogP contribution in [0.2, 0.25) is 0 Å². The number of nitrogens with zero attached hydrogens (tertiary/aromatic N) is 1. The summed E-state index contributed by atoms with van der Waals surface area (Å²) in [6.07, 6.45) is 2.90. The van der Waals surface area contributed by atoms with Gasteiger partial charge in [0.1, 0.15) is 0 Å². The van der Waals surface area contributed by atoms with E-state index in [-0.39, 0.29) is 10.8 Å². The van der Waals surface area contributed by atoms with Crippen LogP contribution < -0.4 is 5.32 Å². The van der Waals surface area contributed by atoms with Gasteiger partial charge in [0.2, 0.25) is 10.0 Å². The quantitative estimate of drug-likeness (QED) is 0.903. The number of anilines is 1. The number of piperidine rings is 1. The van der Waals surface area contributed by atoms with Crippen LogP contribution in [-0.2, 0) is 10.0 Å². The topological polar surface area (TPSA) is 66.5 Å². The largest absolute Gasteiger partial charge is 0.321 e. The first kappa shape index (κ1) is 17.1. The summed E-state index contributed by atoms with van der Waals surface area (Å²) in [4.78, 5) is 14.1. The minimum Gasteiger partial charge on any atom is -0.321 e. The number of aryl methyl sites for hydroxylation is 1. The van der Waals surface area contributed by atoms with Gasteiger partial charge in [0.25, 0.3) is 5.91 Å². The van der Waals surface area contributed by atoms with Crippen molar-refractivity contribution < 1.29 is 13.2 Å². The third kappa shape index (κ3) is 3.68. The third-order valence-electron chi connectivity index (χ3n) is 4.03. The van der Waals surface area contributed by atoms with E-state index in [1.165, 1.54) is 11.3 Å². The number of hydrogen-bond donors (Lipinski definition) is 1. The molecule has 1 amide bonds. The molecule has 0 saturated carbocycles. The van der Waals surface area contributed by atoms with E-state index in [0.717, 1.165) is 24.1 Å². The predicted octanol–water partition coefficient (Wildman–Crippen LogP) is 3.48. The van der Waals surface area contributed by atoms with Crippen molar-refractivity contribution in [2.24, 2.45) is 0 Å². The van der Waals surface area contributed by atoms with E-state index in [0.29, 0.717) is 23.7 Å². The molecule has 0 aliphatic carbocycles. The Labute approximate surface area is 146 Å².